The lowest BCUT2D eigenvalue weighted by Crippen LogP contribution is -1.92. The van der Waals surface area contributed by atoms with Crippen molar-refractivity contribution < 1.29 is 4.92 Å². The predicted molar refractivity (Wildman–Crippen MR) is 78.4 cm³/mol. The lowest BCUT2D eigenvalue weighted by molar-refractivity contribution is -0.387. The van der Waals surface area contributed by atoms with Gasteiger partial charge in [-0.3, -0.25) is 10.1 Å². The van der Waals surface area contributed by atoms with Crippen LogP contribution in [0.2, 0.25) is 10.0 Å². The molecule has 0 aliphatic carbocycles. The highest BCUT2D eigenvalue weighted by Gasteiger charge is 2.16. The lowest BCUT2D eigenvalue weighted by atomic mass is 10.2. The second kappa shape index (κ2) is 6.14. The largest absolute Gasteiger partial charge is 0.284 e. The van der Waals surface area contributed by atoms with Gasteiger partial charge in [-0.1, -0.05) is 35.0 Å². The molecule has 0 aromatic heterocycles. The highest BCUT2D eigenvalue weighted by molar-refractivity contribution is 7.99. The quantitative estimate of drug-likeness (QED) is 0.593. The van der Waals surface area contributed by atoms with Crippen LogP contribution in [-0.2, 0) is 0 Å². The molecule has 0 atom stereocenters. The predicted octanol–water partition coefficient (Wildman–Crippen LogP) is 4.92. The Kier molecular flexibility index (Phi) is 4.50. The molecule has 0 heterocycles. The first-order valence-electron chi connectivity index (χ1n) is 5.32. The summed E-state index contributed by atoms with van der Waals surface area (Å²) in [5.41, 5.74) is 0.121. The Labute approximate surface area is 129 Å². The van der Waals surface area contributed by atoms with Crippen LogP contribution >= 0.6 is 35.0 Å². The standard InChI is InChI=1S/C13H6Cl2N2O2S/c14-9-4-10(15)6-11(5-9)20-13-2-1-8(7-16)3-12(13)17(18)19/h1-6H. The van der Waals surface area contributed by atoms with Gasteiger partial charge < -0.3 is 0 Å². The maximum Gasteiger partial charge on any atom is 0.284 e. The number of hydrogen-bond acceptors (Lipinski definition) is 4. The van der Waals surface area contributed by atoms with Crippen molar-refractivity contribution in [2.24, 2.45) is 0 Å². The highest BCUT2D eigenvalue weighted by Crippen LogP contribution is 2.37. The molecule has 2 rings (SSSR count). The number of nitro benzene ring substituents is 1. The van der Waals surface area contributed by atoms with E-state index < -0.39 is 4.92 Å². The molecule has 0 fully saturated rings. The van der Waals surface area contributed by atoms with Gasteiger partial charge in [-0.15, -0.1) is 0 Å². The minimum absolute atomic E-state index is 0.120. The van der Waals surface area contributed by atoms with E-state index in [2.05, 4.69) is 0 Å². The fraction of sp³-hybridized carbons (Fsp3) is 0. The summed E-state index contributed by atoms with van der Waals surface area (Å²) in [5, 5.41) is 20.7. The lowest BCUT2D eigenvalue weighted by Gasteiger charge is -2.04. The van der Waals surface area contributed by atoms with Crippen molar-refractivity contribution in [2.75, 3.05) is 0 Å². The number of halogens is 2. The molecule has 0 saturated heterocycles. The molecule has 0 bridgehead atoms. The summed E-state index contributed by atoms with van der Waals surface area (Å²) in [6.45, 7) is 0. The Bertz CT molecular complexity index is 709. The zero-order valence-electron chi connectivity index (χ0n) is 9.84. The summed E-state index contributed by atoms with van der Waals surface area (Å²) in [4.78, 5) is 11.6. The summed E-state index contributed by atoms with van der Waals surface area (Å²) in [6, 6.07) is 11.1. The number of hydrogen-bond donors (Lipinski definition) is 0. The molecule has 7 heteroatoms. The Morgan fingerprint density at radius 3 is 2.35 bits per heavy atom. The van der Waals surface area contributed by atoms with Crippen LogP contribution in [0.15, 0.2) is 46.2 Å². The van der Waals surface area contributed by atoms with E-state index in [1.165, 1.54) is 30.0 Å². The minimum Gasteiger partial charge on any atom is -0.258 e. The molecule has 0 aliphatic rings. The normalized spacial score (nSPS) is 10.1. The SMILES string of the molecule is N#Cc1ccc(Sc2cc(Cl)cc(Cl)c2)c([N+](=O)[O-])c1. The molecule has 0 radical (unpaired) electrons. The molecule has 0 amide bonds. The van der Waals surface area contributed by atoms with Crippen LogP contribution in [0.25, 0.3) is 0 Å². The maximum absolute atomic E-state index is 11.0. The van der Waals surface area contributed by atoms with Gasteiger partial charge in [0.05, 0.1) is 21.5 Å². The van der Waals surface area contributed by atoms with Crippen molar-refractivity contribution in [3.63, 3.8) is 0 Å². The van der Waals surface area contributed by atoms with Crippen molar-refractivity contribution in [3.8, 4) is 6.07 Å². The third-order valence-electron chi connectivity index (χ3n) is 2.35. The maximum atomic E-state index is 11.0. The van der Waals surface area contributed by atoms with Gasteiger partial charge in [0, 0.05) is 21.0 Å². The summed E-state index contributed by atoms with van der Waals surface area (Å²) in [5.74, 6) is 0. The molecule has 20 heavy (non-hydrogen) atoms. The van der Waals surface area contributed by atoms with Gasteiger partial charge in [-0.2, -0.15) is 5.26 Å². The second-order valence-corrected chi connectivity index (χ2v) is 5.75. The molecule has 0 saturated carbocycles. The molecular formula is C13H6Cl2N2O2S. The smallest absolute Gasteiger partial charge is 0.258 e. The van der Waals surface area contributed by atoms with E-state index in [0.717, 1.165) is 0 Å². The Hall–Kier alpha value is -1.74. The average molecular weight is 325 g/mol. The Balaban J connectivity index is 2.43. The van der Waals surface area contributed by atoms with Gasteiger partial charge in [-0.05, 0) is 30.3 Å². The molecule has 100 valence electrons. The first-order chi connectivity index (χ1) is 9.49. The highest BCUT2D eigenvalue weighted by atomic mass is 35.5. The summed E-state index contributed by atoms with van der Waals surface area (Å²) >= 11 is 13.0. The minimum atomic E-state index is -0.519. The van der Waals surface area contributed by atoms with E-state index in [4.69, 9.17) is 28.5 Å². The summed E-state index contributed by atoms with van der Waals surface area (Å²) in [7, 11) is 0. The van der Waals surface area contributed by atoms with E-state index in [0.29, 0.717) is 19.8 Å². The van der Waals surface area contributed by atoms with E-state index in [-0.39, 0.29) is 11.3 Å². The summed E-state index contributed by atoms with van der Waals surface area (Å²) in [6.07, 6.45) is 0. The fourth-order valence-electron chi connectivity index (χ4n) is 1.53. The van der Waals surface area contributed by atoms with Crippen LogP contribution in [0.5, 0.6) is 0 Å². The van der Waals surface area contributed by atoms with E-state index >= 15 is 0 Å². The van der Waals surface area contributed by atoms with Gasteiger partial charge in [0.15, 0.2) is 0 Å². The van der Waals surface area contributed by atoms with E-state index in [1.807, 2.05) is 6.07 Å². The van der Waals surface area contributed by atoms with Gasteiger partial charge in [0.1, 0.15) is 0 Å². The number of rotatable bonds is 3. The third-order valence-corrected chi connectivity index (χ3v) is 3.82. The van der Waals surface area contributed by atoms with Crippen LogP contribution in [0.1, 0.15) is 5.56 Å². The zero-order chi connectivity index (χ0) is 14.7. The molecular weight excluding hydrogens is 319 g/mol. The van der Waals surface area contributed by atoms with Crippen LogP contribution < -0.4 is 0 Å². The van der Waals surface area contributed by atoms with Crippen molar-refractivity contribution in [2.45, 2.75) is 9.79 Å². The number of nitrogens with zero attached hydrogens (tertiary/aromatic N) is 2. The van der Waals surface area contributed by atoms with Crippen LogP contribution in [-0.4, -0.2) is 4.92 Å². The fourth-order valence-corrected chi connectivity index (χ4v) is 3.19. The molecule has 0 N–H and O–H groups in total. The van der Waals surface area contributed by atoms with Crippen molar-refractivity contribution >= 4 is 40.7 Å². The van der Waals surface area contributed by atoms with Gasteiger partial charge in [0.25, 0.3) is 5.69 Å². The van der Waals surface area contributed by atoms with Gasteiger partial charge >= 0.3 is 0 Å². The Morgan fingerprint density at radius 1 is 1.15 bits per heavy atom. The first kappa shape index (κ1) is 14.7. The van der Waals surface area contributed by atoms with E-state index in [1.54, 1.807) is 18.2 Å². The van der Waals surface area contributed by atoms with Crippen LogP contribution in [0.4, 0.5) is 5.69 Å². The van der Waals surface area contributed by atoms with Crippen LogP contribution in [0, 0.1) is 21.4 Å². The van der Waals surface area contributed by atoms with Crippen LogP contribution in [0.3, 0.4) is 0 Å². The topological polar surface area (TPSA) is 66.9 Å². The average Bonchev–Trinajstić information content (AvgIpc) is 2.37. The molecule has 0 unspecified atom stereocenters. The van der Waals surface area contributed by atoms with E-state index in [9.17, 15) is 10.1 Å². The van der Waals surface area contributed by atoms with Gasteiger partial charge in [0.2, 0.25) is 0 Å². The number of benzene rings is 2. The Morgan fingerprint density at radius 2 is 1.80 bits per heavy atom. The molecule has 2 aromatic rings. The third kappa shape index (κ3) is 3.42. The first-order valence-corrected chi connectivity index (χ1v) is 6.89. The molecule has 4 nitrogen and oxygen atoms in total. The molecule has 0 aliphatic heterocycles. The van der Waals surface area contributed by atoms with Gasteiger partial charge in [-0.25, -0.2) is 0 Å². The van der Waals surface area contributed by atoms with Crippen molar-refractivity contribution in [1.82, 2.24) is 0 Å². The summed E-state index contributed by atoms with van der Waals surface area (Å²) < 4.78 is 0. The molecule has 0 spiro atoms. The van der Waals surface area contributed by atoms with Crippen molar-refractivity contribution in [1.29, 1.82) is 5.26 Å². The monoisotopic (exact) mass is 324 g/mol. The van der Waals surface area contributed by atoms with Crippen molar-refractivity contribution in [3.05, 3.63) is 62.1 Å². The number of nitriles is 1. The number of nitro groups is 1. The zero-order valence-corrected chi connectivity index (χ0v) is 12.2. The second-order valence-electron chi connectivity index (χ2n) is 3.76. The molecule has 2 aromatic carbocycles.